The molecule has 1 heterocycles. The summed E-state index contributed by atoms with van der Waals surface area (Å²) in [7, 11) is -0.891. The molecule has 0 fully saturated rings. The predicted molar refractivity (Wildman–Crippen MR) is 128 cm³/mol. The van der Waals surface area contributed by atoms with Crippen LogP contribution in [0.15, 0.2) is 90.3 Å². The fourth-order valence-corrected chi connectivity index (χ4v) is 4.55. The van der Waals surface area contributed by atoms with Gasteiger partial charge in [-0.15, -0.1) is 0 Å². The van der Waals surface area contributed by atoms with Gasteiger partial charge < -0.3 is 10.1 Å². The lowest BCUT2D eigenvalue weighted by atomic mass is 10.2. The number of anilines is 1. The van der Waals surface area contributed by atoms with E-state index in [1.165, 1.54) is 44.8 Å². The number of rotatable bonds is 8. The zero-order chi connectivity index (χ0) is 24.1. The first-order chi connectivity index (χ1) is 16.4. The van der Waals surface area contributed by atoms with Crippen LogP contribution in [-0.2, 0) is 16.6 Å². The quantitative estimate of drug-likeness (QED) is 0.418. The van der Waals surface area contributed by atoms with Gasteiger partial charge in [0.15, 0.2) is 0 Å². The second-order valence-electron chi connectivity index (χ2n) is 7.36. The number of benzene rings is 3. The Balaban J connectivity index is 1.42. The van der Waals surface area contributed by atoms with Crippen LogP contribution < -0.4 is 14.4 Å². The molecule has 0 spiro atoms. The lowest BCUT2D eigenvalue weighted by Gasteiger charge is -2.21. The van der Waals surface area contributed by atoms with Gasteiger partial charge in [-0.05, 0) is 54.1 Å². The van der Waals surface area contributed by atoms with Gasteiger partial charge in [0.25, 0.3) is 15.9 Å². The normalized spacial score (nSPS) is 11.1. The lowest BCUT2D eigenvalue weighted by molar-refractivity contribution is 0.0951. The van der Waals surface area contributed by atoms with Crippen molar-refractivity contribution >= 4 is 21.6 Å². The summed E-state index contributed by atoms with van der Waals surface area (Å²) in [4.78, 5) is 16.5. The third-order valence-electron chi connectivity index (χ3n) is 5.27. The van der Waals surface area contributed by atoms with Crippen LogP contribution >= 0.6 is 0 Å². The third-order valence-corrected chi connectivity index (χ3v) is 7.06. The molecule has 3 aromatic carbocycles. The smallest absolute Gasteiger partial charge is 0.264 e. The minimum absolute atomic E-state index is 0.0705. The molecule has 0 saturated carbocycles. The molecule has 0 aliphatic carbocycles. The molecule has 174 valence electrons. The molecule has 1 amide bonds. The van der Waals surface area contributed by atoms with Gasteiger partial charge in [-0.3, -0.25) is 9.10 Å². The number of carbonyl (C=O) groups is 1. The maximum Gasteiger partial charge on any atom is 0.264 e. The molecule has 4 rings (SSSR count). The van der Waals surface area contributed by atoms with Gasteiger partial charge in [0, 0.05) is 19.2 Å². The molecular weight excluding hydrogens is 454 g/mol. The van der Waals surface area contributed by atoms with Crippen molar-refractivity contribution in [2.75, 3.05) is 18.5 Å². The number of amides is 1. The monoisotopic (exact) mass is 477 g/mol. The van der Waals surface area contributed by atoms with Crippen molar-refractivity contribution in [1.82, 2.24) is 20.1 Å². The molecule has 0 unspecified atom stereocenters. The number of nitrogens with one attached hydrogen (secondary N) is 1. The Labute approximate surface area is 197 Å². The molecule has 0 aliphatic rings. The van der Waals surface area contributed by atoms with Crippen molar-refractivity contribution in [2.24, 2.45) is 0 Å². The number of sulfonamides is 1. The Bertz CT molecular complexity index is 1370. The fraction of sp³-hybridized carbons (Fsp3) is 0.125. The molecule has 1 N–H and O–H groups in total. The van der Waals surface area contributed by atoms with Crippen LogP contribution in [0.1, 0.15) is 15.9 Å². The van der Waals surface area contributed by atoms with Crippen LogP contribution in [0.2, 0.25) is 0 Å². The van der Waals surface area contributed by atoms with E-state index in [0.29, 0.717) is 23.5 Å². The second kappa shape index (κ2) is 9.75. The highest BCUT2D eigenvalue weighted by Gasteiger charge is 2.23. The standard InChI is InChI=1S/C24H23N5O4S/c1-28(22-5-3-4-6-23(22)33-2)34(31,32)21-13-9-19(10-14-21)24(30)26-15-18-7-11-20(12-8-18)29-17-25-16-27-29/h3-14,16-17H,15H2,1-2H3,(H,26,30). The molecular formula is C24H23N5O4S. The van der Waals surface area contributed by atoms with Crippen LogP contribution in [-0.4, -0.2) is 43.2 Å². The van der Waals surface area contributed by atoms with Gasteiger partial charge in [0.05, 0.1) is 23.4 Å². The summed E-state index contributed by atoms with van der Waals surface area (Å²) in [5, 5.41) is 6.92. The van der Waals surface area contributed by atoms with Gasteiger partial charge in [0.2, 0.25) is 0 Å². The Hall–Kier alpha value is -4.18. The van der Waals surface area contributed by atoms with Crippen LogP contribution in [0.3, 0.4) is 0 Å². The number of carbonyl (C=O) groups excluding carboxylic acids is 1. The maximum absolute atomic E-state index is 13.1. The minimum atomic E-state index is -3.84. The van der Waals surface area contributed by atoms with E-state index >= 15 is 0 Å². The molecule has 10 heteroatoms. The fourth-order valence-electron chi connectivity index (χ4n) is 3.35. The minimum Gasteiger partial charge on any atom is -0.495 e. The average molecular weight is 478 g/mol. The largest absolute Gasteiger partial charge is 0.495 e. The molecule has 1 aromatic heterocycles. The highest BCUT2D eigenvalue weighted by atomic mass is 32.2. The number of ether oxygens (including phenoxy) is 1. The van der Waals surface area contributed by atoms with Crippen LogP contribution in [0.25, 0.3) is 5.69 Å². The van der Waals surface area contributed by atoms with E-state index in [1.807, 2.05) is 24.3 Å². The number of aromatic nitrogens is 3. The second-order valence-corrected chi connectivity index (χ2v) is 9.33. The number of para-hydroxylation sites is 2. The Morgan fingerprint density at radius 1 is 1.03 bits per heavy atom. The summed E-state index contributed by atoms with van der Waals surface area (Å²) in [6.45, 7) is 0.326. The number of methoxy groups -OCH3 is 1. The van der Waals surface area contributed by atoms with Crippen LogP contribution in [0, 0.1) is 0 Å². The molecule has 0 saturated heterocycles. The number of hydrogen-bond donors (Lipinski definition) is 1. The summed E-state index contributed by atoms with van der Waals surface area (Å²) in [6, 6.07) is 20.2. The summed E-state index contributed by atoms with van der Waals surface area (Å²) in [5.74, 6) is 0.140. The maximum atomic E-state index is 13.1. The molecule has 4 aromatic rings. The van der Waals surface area contributed by atoms with Crippen molar-refractivity contribution in [2.45, 2.75) is 11.4 Å². The van der Waals surface area contributed by atoms with Crippen LogP contribution in [0.5, 0.6) is 5.75 Å². The molecule has 0 atom stereocenters. The van der Waals surface area contributed by atoms with Gasteiger partial charge in [-0.2, -0.15) is 5.10 Å². The highest BCUT2D eigenvalue weighted by Crippen LogP contribution is 2.30. The Morgan fingerprint density at radius 3 is 2.38 bits per heavy atom. The summed E-state index contributed by atoms with van der Waals surface area (Å²) < 4.78 is 34.2. The van der Waals surface area contributed by atoms with Gasteiger partial charge in [-0.1, -0.05) is 24.3 Å². The van der Waals surface area contributed by atoms with Crippen molar-refractivity contribution in [3.63, 3.8) is 0 Å². The highest BCUT2D eigenvalue weighted by molar-refractivity contribution is 7.92. The average Bonchev–Trinajstić information content (AvgIpc) is 3.42. The van der Waals surface area contributed by atoms with E-state index in [0.717, 1.165) is 15.6 Å². The summed E-state index contributed by atoms with van der Waals surface area (Å²) >= 11 is 0. The third kappa shape index (κ3) is 4.76. The van der Waals surface area contributed by atoms with E-state index in [1.54, 1.807) is 35.3 Å². The topological polar surface area (TPSA) is 106 Å². The van der Waals surface area contributed by atoms with Crippen molar-refractivity contribution in [3.8, 4) is 11.4 Å². The SMILES string of the molecule is COc1ccccc1N(C)S(=O)(=O)c1ccc(C(=O)NCc2ccc(-n3cncn3)cc2)cc1. The Kier molecular flexibility index (Phi) is 6.60. The van der Waals surface area contributed by atoms with Crippen LogP contribution in [0.4, 0.5) is 5.69 Å². The number of nitrogens with zero attached hydrogens (tertiary/aromatic N) is 4. The van der Waals surface area contributed by atoms with Gasteiger partial charge in [0.1, 0.15) is 18.4 Å². The first-order valence-corrected chi connectivity index (χ1v) is 11.8. The van der Waals surface area contributed by atoms with Gasteiger partial charge in [-0.25, -0.2) is 18.1 Å². The van der Waals surface area contributed by atoms with E-state index in [4.69, 9.17) is 4.74 Å². The van der Waals surface area contributed by atoms with E-state index in [-0.39, 0.29) is 10.8 Å². The zero-order valence-corrected chi connectivity index (χ0v) is 19.4. The molecule has 0 bridgehead atoms. The van der Waals surface area contributed by atoms with E-state index in [9.17, 15) is 13.2 Å². The summed E-state index contributed by atoms with van der Waals surface area (Å²) in [5.41, 5.74) is 2.55. The molecule has 0 aliphatic heterocycles. The molecule has 9 nitrogen and oxygen atoms in total. The lowest BCUT2D eigenvalue weighted by Crippen LogP contribution is -2.27. The Morgan fingerprint density at radius 2 is 1.74 bits per heavy atom. The predicted octanol–water partition coefficient (Wildman–Crippen LogP) is 3.03. The summed E-state index contributed by atoms with van der Waals surface area (Å²) in [6.07, 6.45) is 3.07. The molecule has 0 radical (unpaired) electrons. The van der Waals surface area contributed by atoms with E-state index in [2.05, 4.69) is 15.4 Å². The van der Waals surface area contributed by atoms with Gasteiger partial charge >= 0.3 is 0 Å². The van der Waals surface area contributed by atoms with Crippen molar-refractivity contribution in [3.05, 3.63) is 96.6 Å². The van der Waals surface area contributed by atoms with Crippen molar-refractivity contribution in [1.29, 1.82) is 0 Å². The first kappa shape index (κ1) is 23.0. The zero-order valence-electron chi connectivity index (χ0n) is 18.6. The first-order valence-electron chi connectivity index (χ1n) is 10.3. The molecule has 34 heavy (non-hydrogen) atoms. The van der Waals surface area contributed by atoms with Crippen molar-refractivity contribution < 1.29 is 17.9 Å². The van der Waals surface area contributed by atoms with E-state index < -0.39 is 10.0 Å². The number of hydrogen-bond acceptors (Lipinski definition) is 6.